The second-order valence-corrected chi connectivity index (χ2v) is 6.69. The normalized spacial score (nSPS) is 13.3. The van der Waals surface area contributed by atoms with Crippen LogP contribution in [0.15, 0.2) is 36.4 Å². The lowest BCUT2D eigenvalue weighted by Gasteiger charge is -2.26. The lowest BCUT2D eigenvalue weighted by atomic mass is 10.1. The second kappa shape index (κ2) is 8.31. The van der Waals surface area contributed by atoms with E-state index in [1.807, 2.05) is 43.1 Å². The van der Waals surface area contributed by atoms with E-state index >= 15 is 0 Å². The topological polar surface area (TPSA) is 77.1 Å². The molecule has 0 aromatic heterocycles. The Morgan fingerprint density at radius 1 is 1.21 bits per heavy atom. The molecule has 148 valence electrons. The van der Waals surface area contributed by atoms with Gasteiger partial charge in [0.25, 0.3) is 0 Å². The van der Waals surface area contributed by atoms with E-state index in [1.54, 1.807) is 19.2 Å². The van der Waals surface area contributed by atoms with E-state index < -0.39 is 0 Å². The Labute approximate surface area is 164 Å². The number of hydrogen-bond acceptors (Lipinski definition) is 6. The van der Waals surface area contributed by atoms with Crippen LogP contribution in [0.3, 0.4) is 0 Å². The summed E-state index contributed by atoms with van der Waals surface area (Å²) in [6, 6.07) is 10.9. The first-order valence-corrected chi connectivity index (χ1v) is 8.98. The molecule has 1 atom stereocenters. The SMILES string of the molecule is COc1ccccc1C(C)N(C)CC(=O)Nc1cc2c(cc1C(C)=O)OCO2. The zero-order valence-corrected chi connectivity index (χ0v) is 16.4. The zero-order chi connectivity index (χ0) is 20.3. The molecule has 0 aliphatic carbocycles. The monoisotopic (exact) mass is 384 g/mol. The van der Waals surface area contributed by atoms with Crippen molar-refractivity contribution in [3.63, 3.8) is 0 Å². The van der Waals surface area contributed by atoms with E-state index in [4.69, 9.17) is 14.2 Å². The van der Waals surface area contributed by atoms with Gasteiger partial charge >= 0.3 is 0 Å². The number of para-hydroxylation sites is 1. The molecule has 0 spiro atoms. The van der Waals surface area contributed by atoms with E-state index in [0.717, 1.165) is 11.3 Å². The predicted molar refractivity (Wildman–Crippen MR) is 105 cm³/mol. The van der Waals surface area contributed by atoms with Gasteiger partial charge in [-0.05, 0) is 33.0 Å². The van der Waals surface area contributed by atoms with Crippen LogP contribution in [-0.2, 0) is 4.79 Å². The summed E-state index contributed by atoms with van der Waals surface area (Å²) < 4.78 is 16.1. The molecule has 1 N–H and O–H groups in total. The molecule has 2 aromatic carbocycles. The van der Waals surface area contributed by atoms with Crippen molar-refractivity contribution >= 4 is 17.4 Å². The molecule has 2 aromatic rings. The van der Waals surface area contributed by atoms with E-state index in [2.05, 4.69) is 5.32 Å². The third kappa shape index (κ3) is 4.09. The molecule has 1 aliphatic rings. The third-order valence-electron chi connectivity index (χ3n) is 4.81. The summed E-state index contributed by atoms with van der Waals surface area (Å²) in [5.41, 5.74) is 1.80. The first kappa shape index (κ1) is 19.7. The molecule has 0 saturated heterocycles. The minimum absolute atomic E-state index is 0.0362. The maximum Gasteiger partial charge on any atom is 0.238 e. The maximum absolute atomic E-state index is 12.6. The molecule has 1 amide bonds. The largest absolute Gasteiger partial charge is 0.496 e. The number of benzene rings is 2. The quantitative estimate of drug-likeness (QED) is 0.739. The van der Waals surface area contributed by atoms with Crippen LogP contribution in [0.4, 0.5) is 5.69 Å². The molecule has 0 saturated carbocycles. The lowest BCUT2D eigenvalue weighted by Crippen LogP contribution is -2.32. The minimum atomic E-state index is -0.231. The Bertz CT molecular complexity index is 896. The zero-order valence-electron chi connectivity index (χ0n) is 16.4. The molecule has 0 fully saturated rings. The number of hydrogen-bond donors (Lipinski definition) is 1. The van der Waals surface area contributed by atoms with Crippen molar-refractivity contribution in [2.24, 2.45) is 0 Å². The first-order valence-electron chi connectivity index (χ1n) is 8.98. The highest BCUT2D eigenvalue weighted by Crippen LogP contribution is 2.37. The van der Waals surface area contributed by atoms with Crippen molar-refractivity contribution in [1.82, 2.24) is 4.90 Å². The Morgan fingerprint density at radius 2 is 1.89 bits per heavy atom. The van der Waals surface area contributed by atoms with Crippen LogP contribution in [0.5, 0.6) is 17.2 Å². The van der Waals surface area contributed by atoms with Crippen LogP contribution >= 0.6 is 0 Å². The number of nitrogens with zero attached hydrogens (tertiary/aromatic N) is 1. The number of ketones is 1. The Kier molecular flexibility index (Phi) is 5.84. The van der Waals surface area contributed by atoms with Crippen LogP contribution in [0.25, 0.3) is 0 Å². The molecule has 0 radical (unpaired) electrons. The molecule has 1 unspecified atom stereocenters. The van der Waals surface area contributed by atoms with Crippen molar-refractivity contribution < 1.29 is 23.8 Å². The number of carbonyl (C=O) groups excluding carboxylic acids is 2. The van der Waals surface area contributed by atoms with Gasteiger partial charge in [-0.3, -0.25) is 14.5 Å². The summed E-state index contributed by atoms with van der Waals surface area (Å²) in [7, 11) is 3.49. The fraction of sp³-hybridized carbons (Fsp3) is 0.333. The van der Waals surface area contributed by atoms with Crippen molar-refractivity contribution in [2.75, 3.05) is 32.8 Å². The van der Waals surface area contributed by atoms with Crippen LogP contribution in [0, 0.1) is 0 Å². The highest BCUT2D eigenvalue weighted by Gasteiger charge is 2.22. The minimum Gasteiger partial charge on any atom is -0.496 e. The molecule has 28 heavy (non-hydrogen) atoms. The number of fused-ring (bicyclic) bond motifs is 1. The van der Waals surface area contributed by atoms with Gasteiger partial charge in [-0.25, -0.2) is 0 Å². The number of Topliss-reactive ketones (excluding diaryl/α,β-unsaturated/α-hetero) is 1. The van der Waals surface area contributed by atoms with Gasteiger partial charge < -0.3 is 19.5 Å². The van der Waals surface area contributed by atoms with Crippen molar-refractivity contribution in [2.45, 2.75) is 19.9 Å². The van der Waals surface area contributed by atoms with Crippen LogP contribution in [0.1, 0.15) is 35.8 Å². The van der Waals surface area contributed by atoms with Crippen molar-refractivity contribution in [3.05, 3.63) is 47.5 Å². The number of nitrogens with one attached hydrogen (secondary N) is 1. The van der Waals surface area contributed by atoms with E-state index in [9.17, 15) is 9.59 Å². The van der Waals surface area contributed by atoms with E-state index in [0.29, 0.717) is 22.7 Å². The molecule has 0 bridgehead atoms. The number of ether oxygens (including phenoxy) is 3. The number of likely N-dealkylation sites (N-methyl/N-ethyl adjacent to an activating group) is 1. The number of rotatable bonds is 7. The van der Waals surface area contributed by atoms with Gasteiger partial charge in [0.05, 0.1) is 19.3 Å². The Balaban J connectivity index is 1.73. The molecule has 3 rings (SSSR count). The summed E-state index contributed by atoms with van der Waals surface area (Å²) in [6.07, 6.45) is 0. The number of amides is 1. The number of methoxy groups -OCH3 is 1. The fourth-order valence-corrected chi connectivity index (χ4v) is 3.14. The van der Waals surface area contributed by atoms with Gasteiger partial charge in [0, 0.05) is 23.2 Å². The summed E-state index contributed by atoms with van der Waals surface area (Å²) in [5, 5.41) is 2.82. The van der Waals surface area contributed by atoms with Gasteiger partial charge in [0.2, 0.25) is 12.7 Å². The maximum atomic E-state index is 12.6. The third-order valence-corrected chi connectivity index (χ3v) is 4.81. The first-order chi connectivity index (χ1) is 13.4. The van der Waals surface area contributed by atoms with Crippen LogP contribution < -0.4 is 19.5 Å². The standard InChI is InChI=1S/C21H24N2O5/c1-13(15-7-5-6-8-18(15)26-4)23(3)11-21(25)22-17-10-20-19(27-12-28-20)9-16(17)14(2)24/h5-10,13H,11-12H2,1-4H3,(H,22,25). The molecule has 7 nitrogen and oxygen atoms in total. The summed E-state index contributed by atoms with van der Waals surface area (Å²) in [5.74, 6) is 1.40. The smallest absolute Gasteiger partial charge is 0.238 e. The molecule has 1 aliphatic heterocycles. The molecule has 1 heterocycles. The van der Waals surface area contributed by atoms with Crippen molar-refractivity contribution in [1.29, 1.82) is 0 Å². The average molecular weight is 384 g/mol. The van der Waals surface area contributed by atoms with Gasteiger partial charge in [-0.1, -0.05) is 18.2 Å². The van der Waals surface area contributed by atoms with Gasteiger partial charge in [0.15, 0.2) is 17.3 Å². The number of anilines is 1. The lowest BCUT2D eigenvalue weighted by molar-refractivity contribution is -0.117. The van der Waals surface area contributed by atoms with Crippen LogP contribution in [0.2, 0.25) is 0 Å². The number of carbonyl (C=O) groups is 2. The van der Waals surface area contributed by atoms with Crippen LogP contribution in [-0.4, -0.2) is 44.1 Å². The summed E-state index contributed by atoms with van der Waals surface area (Å²) >= 11 is 0. The predicted octanol–water partition coefficient (Wildman–Crippen LogP) is 3.26. The van der Waals surface area contributed by atoms with E-state index in [1.165, 1.54) is 6.92 Å². The highest BCUT2D eigenvalue weighted by atomic mass is 16.7. The highest BCUT2D eigenvalue weighted by molar-refractivity contribution is 6.05. The van der Waals surface area contributed by atoms with Gasteiger partial charge in [0.1, 0.15) is 5.75 Å². The molecular weight excluding hydrogens is 360 g/mol. The second-order valence-electron chi connectivity index (χ2n) is 6.69. The Hall–Kier alpha value is -3.06. The van der Waals surface area contributed by atoms with Crippen molar-refractivity contribution in [3.8, 4) is 17.2 Å². The molecular formula is C21H24N2O5. The van der Waals surface area contributed by atoms with E-state index in [-0.39, 0.29) is 31.1 Å². The summed E-state index contributed by atoms with van der Waals surface area (Å²) in [6.45, 7) is 3.70. The molecule has 7 heteroatoms. The van der Waals surface area contributed by atoms with Gasteiger partial charge in [-0.15, -0.1) is 0 Å². The van der Waals surface area contributed by atoms with Gasteiger partial charge in [-0.2, -0.15) is 0 Å². The Morgan fingerprint density at radius 3 is 2.57 bits per heavy atom. The fourth-order valence-electron chi connectivity index (χ4n) is 3.14. The summed E-state index contributed by atoms with van der Waals surface area (Å²) in [4.78, 5) is 26.5. The average Bonchev–Trinajstić information content (AvgIpc) is 3.13.